The van der Waals surface area contributed by atoms with Crippen LogP contribution in [0, 0.1) is 18.8 Å². The lowest BCUT2D eigenvalue weighted by atomic mass is 10.2. The fourth-order valence-electron chi connectivity index (χ4n) is 2.07. The maximum Gasteiger partial charge on any atom is 0.536 e. The third-order valence-electron chi connectivity index (χ3n) is 3.75. The molecule has 2 rings (SSSR count). The van der Waals surface area contributed by atoms with Gasteiger partial charge in [-0.15, -0.1) is 0 Å². The highest BCUT2D eigenvalue weighted by molar-refractivity contribution is 9.10. The van der Waals surface area contributed by atoms with Crippen molar-refractivity contribution in [2.75, 3.05) is 19.3 Å². The number of nitrogens with zero attached hydrogens (tertiary/aromatic N) is 1. The summed E-state index contributed by atoms with van der Waals surface area (Å²) >= 11 is 4.68. The molecule has 1 heterocycles. The molecule has 0 fully saturated rings. The number of esters is 2. The normalized spacial score (nSPS) is 11.9. The van der Waals surface area contributed by atoms with Crippen LogP contribution in [-0.2, 0) is 32.7 Å². The zero-order valence-corrected chi connectivity index (χ0v) is 21.0. The number of aromatic nitrogens is 1. The molecule has 0 aliphatic rings. The van der Waals surface area contributed by atoms with E-state index in [1.807, 2.05) is 0 Å². The number of rotatable bonds is 10. The van der Waals surface area contributed by atoms with Crippen molar-refractivity contribution in [3.05, 3.63) is 16.1 Å². The summed E-state index contributed by atoms with van der Waals surface area (Å²) in [6.45, 7) is 6.95. The summed E-state index contributed by atoms with van der Waals surface area (Å²) in [6, 6.07) is 1.57. The Morgan fingerprint density at radius 3 is 2.13 bits per heavy atom. The molecule has 0 amide bonds. The smallest absolute Gasteiger partial charge is 0.438 e. The van der Waals surface area contributed by atoms with Gasteiger partial charge in [-0.3, -0.25) is 9.59 Å². The molecule has 2 N–H and O–H groups in total. The lowest BCUT2D eigenvalue weighted by molar-refractivity contribution is -0.157. The summed E-state index contributed by atoms with van der Waals surface area (Å²) in [7, 11) is -4.39. The molecule has 0 spiro atoms. The highest BCUT2D eigenvalue weighted by Crippen LogP contribution is 2.52. The molecular weight excluding hydrogens is 515 g/mol. The Morgan fingerprint density at radius 2 is 1.65 bits per heavy atom. The lowest BCUT2D eigenvalue weighted by Crippen LogP contribution is -2.17. The largest absolute Gasteiger partial charge is 0.536 e. The van der Waals surface area contributed by atoms with Crippen molar-refractivity contribution < 1.29 is 37.2 Å². The minimum Gasteiger partial charge on any atom is -0.438 e. The van der Waals surface area contributed by atoms with Crippen LogP contribution in [0.1, 0.15) is 33.3 Å². The Hall–Kier alpha value is -1.72. The Kier molecular flexibility index (Phi) is 8.84. The maximum atomic E-state index is 13.2. The summed E-state index contributed by atoms with van der Waals surface area (Å²) in [6.07, 6.45) is 0. The van der Waals surface area contributed by atoms with Gasteiger partial charge in [-0.05, 0) is 34.5 Å². The zero-order valence-electron chi connectivity index (χ0n) is 17.7. The molecule has 2 aromatic rings. The van der Waals surface area contributed by atoms with Crippen molar-refractivity contribution >= 4 is 62.4 Å². The van der Waals surface area contributed by atoms with Crippen LogP contribution < -0.4 is 10.3 Å². The van der Waals surface area contributed by atoms with Crippen LogP contribution in [-0.4, -0.2) is 30.5 Å². The van der Waals surface area contributed by atoms with Gasteiger partial charge in [-0.1, -0.05) is 39.0 Å². The van der Waals surface area contributed by atoms with Gasteiger partial charge in [0, 0.05) is 4.47 Å². The molecule has 0 saturated carbocycles. The standard InChI is InChI=1S/C18H24BrN2O8PS/c1-9(2)16(22)25-7-27-30(24,28-8-26-17(23)10(3)4)29-12-6-11(5)13(19)15-14(12)21-18(20)31-15/h6,9-10H,7-8H2,1-5H3,(H2,20,21). The number of halogens is 1. The number of phosphoric acid groups is 1. The zero-order chi connectivity index (χ0) is 23.3. The van der Waals surface area contributed by atoms with E-state index in [4.69, 9.17) is 28.8 Å². The number of nitrogen functional groups attached to an aromatic ring is 1. The van der Waals surface area contributed by atoms with E-state index < -0.39 is 45.2 Å². The van der Waals surface area contributed by atoms with Crippen LogP contribution in [0.4, 0.5) is 5.13 Å². The first-order valence-corrected chi connectivity index (χ1v) is 12.3. The molecule has 172 valence electrons. The van der Waals surface area contributed by atoms with Gasteiger partial charge in [-0.25, -0.2) is 18.6 Å². The second kappa shape index (κ2) is 10.7. The van der Waals surface area contributed by atoms with Gasteiger partial charge in [0.05, 0.1) is 16.5 Å². The number of hydrogen-bond acceptors (Lipinski definition) is 11. The first kappa shape index (κ1) is 25.5. The SMILES string of the molecule is Cc1cc(OP(=O)(OCOC(=O)C(C)C)OCOC(=O)C(C)C)c2nc(N)sc2c1Br. The number of fused-ring (bicyclic) bond motifs is 1. The van der Waals surface area contributed by atoms with E-state index in [1.165, 1.54) is 11.3 Å². The highest BCUT2D eigenvalue weighted by Gasteiger charge is 2.32. The first-order valence-electron chi connectivity index (χ1n) is 9.20. The summed E-state index contributed by atoms with van der Waals surface area (Å²) in [4.78, 5) is 27.5. The predicted molar refractivity (Wildman–Crippen MR) is 118 cm³/mol. The topological polar surface area (TPSA) is 136 Å². The molecule has 0 aliphatic heterocycles. The third-order valence-corrected chi connectivity index (χ3v) is 7.20. The fourth-order valence-corrected chi connectivity index (χ4v) is 4.38. The summed E-state index contributed by atoms with van der Waals surface area (Å²) in [5, 5.41) is 0.277. The maximum absolute atomic E-state index is 13.2. The summed E-state index contributed by atoms with van der Waals surface area (Å²) in [5.74, 6) is -1.87. The number of carbonyl (C=O) groups excluding carboxylic acids is 2. The first-order chi connectivity index (χ1) is 14.4. The van der Waals surface area contributed by atoms with Gasteiger partial charge in [0.2, 0.25) is 13.6 Å². The van der Waals surface area contributed by atoms with Crippen LogP contribution in [0.15, 0.2) is 10.5 Å². The number of thiazole rings is 1. The van der Waals surface area contributed by atoms with Gasteiger partial charge in [0.25, 0.3) is 0 Å². The molecular formula is C18H24BrN2O8PS. The number of aryl methyl sites for hydroxylation is 1. The van der Waals surface area contributed by atoms with E-state index in [0.29, 0.717) is 10.2 Å². The van der Waals surface area contributed by atoms with Crippen molar-refractivity contribution in [2.24, 2.45) is 11.8 Å². The number of carbonyl (C=O) groups is 2. The second-order valence-corrected chi connectivity index (χ2v) is 10.4. The van der Waals surface area contributed by atoms with Crippen LogP contribution in [0.2, 0.25) is 0 Å². The van der Waals surface area contributed by atoms with E-state index in [2.05, 4.69) is 20.9 Å². The molecule has 0 unspecified atom stereocenters. The molecule has 31 heavy (non-hydrogen) atoms. The quantitative estimate of drug-likeness (QED) is 0.255. The molecule has 13 heteroatoms. The molecule has 0 aliphatic carbocycles. The molecule has 1 aromatic carbocycles. The Labute approximate surface area is 192 Å². The van der Waals surface area contributed by atoms with Crippen LogP contribution in [0.25, 0.3) is 10.2 Å². The molecule has 0 saturated heterocycles. The van der Waals surface area contributed by atoms with Crippen molar-refractivity contribution in [1.82, 2.24) is 4.98 Å². The molecule has 10 nitrogen and oxygen atoms in total. The van der Waals surface area contributed by atoms with Gasteiger partial charge >= 0.3 is 19.8 Å². The third kappa shape index (κ3) is 6.88. The molecule has 0 radical (unpaired) electrons. The number of hydrogen-bond donors (Lipinski definition) is 1. The highest BCUT2D eigenvalue weighted by atomic mass is 79.9. The number of phosphoric ester groups is 1. The van der Waals surface area contributed by atoms with Gasteiger partial charge in [-0.2, -0.15) is 0 Å². The number of nitrogens with two attached hydrogens (primary N) is 1. The Morgan fingerprint density at radius 1 is 1.13 bits per heavy atom. The van der Waals surface area contributed by atoms with E-state index in [9.17, 15) is 14.2 Å². The monoisotopic (exact) mass is 538 g/mol. The minimum atomic E-state index is -4.39. The Balaban J connectivity index is 2.26. The molecule has 1 aromatic heterocycles. The minimum absolute atomic E-state index is 0.0809. The summed E-state index contributed by atoms with van der Waals surface area (Å²) in [5.41, 5.74) is 6.91. The molecule has 0 atom stereocenters. The number of ether oxygens (including phenoxy) is 2. The van der Waals surface area contributed by atoms with E-state index in [0.717, 1.165) is 10.0 Å². The lowest BCUT2D eigenvalue weighted by Gasteiger charge is -2.19. The van der Waals surface area contributed by atoms with E-state index >= 15 is 0 Å². The van der Waals surface area contributed by atoms with Gasteiger partial charge < -0.3 is 19.7 Å². The average Bonchev–Trinajstić information content (AvgIpc) is 3.07. The average molecular weight is 539 g/mol. The summed E-state index contributed by atoms with van der Waals surface area (Å²) < 4.78 is 40.3. The fraction of sp³-hybridized carbons (Fsp3) is 0.500. The van der Waals surface area contributed by atoms with E-state index in [-0.39, 0.29) is 10.9 Å². The van der Waals surface area contributed by atoms with Crippen molar-refractivity contribution in [3.63, 3.8) is 0 Å². The number of benzene rings is 1. The Bertz CT molecular complexity index is 980. The van der Waals surface area contributed by atoms with Crippen molar-refractivity contribution in [1.29, 1.82) is 0 Å². The van der Waals surface area contributed by atoms with Crippen molar-refractivity contribution in [3.8, 4) is 5.75 Å². The van der Waals surface area contributed by atoms with Crippen LogP contribution in [0.3, 0.4) is 0 Å². The number of anilines is 1. The molecule has 0 bridgehead atoms. The second-order valence-electron chi connectivity index (χ2n) is 7.00. The van der Waals surface area contributed by atoms with Crippen molar-refractivity contribution in [2.45, 2.75) is 34.6 Å². The van der Waals surface area contributed by atoms with Gasteiger partial charge in [0.15, 0.2) is 10.9 Å². The van der Waals surface area contributed by atoms with Crippen LogP contribution in [0.5, 0.6) is 5.75 Å². The van der Waals surface area contributed by atoms with Gasteiger partial charge in [0.1, 0.15) is 5.52 Å². The predicted octanol–water partition coefficient (Wildman–Crippen LogP) is 4.78. The van der Waals surface area contributed by atoms with E-state index in [1.54, 1.807) is 40.7 Å². The van der Waals surface area contributed by atoms with Crippen LogP contribution >= 0.6 is 35.1 Å².